The van der Waals surface area contributed by atoms with Gasteiger partial charge in [-0.05, 0) is 24.4 Å². The second-order valence-corrected chi connectivity index (χ2v) is 3.49. The first-order chi connectivity index (χ1) is 6.00. The summed E-state index contributed by atoms with van der Waals surface area (Å²) < 4.78 is 12.7. The largest absolute Gasteiger partial charge is 0.376 e. The van der Waals surface area contributed by atoms with Crippen LogP contribution in [0.5, 0.6) is 0 Å². The van der Waals surface area contributed by atoms with E-state index in [0.29, 0.717) is 5.69 Å². The Morgan fingerprint density at radius 3 is 2.23 bits per heavy atom. The van der Waals surface area contributed by atoms with Crippen molar-refractivity contribution in [3.8, 4) is 0 Å². The van der Waals surface area contributed by atoms with E-state index in [4.69, 9.17) is 28.9 Å². The Hall–Kier alpha value is -0.580. The Morgan fingerprint density at radius 1 is 1.38 bits per heavy atom. The van der Waals surface area contributed by atoms with Crippen molar-refractivity contribution in [3.05, 3.63) is 28.0 Å². The number of rotatable bonds is 1. The summed E-state index contributed by atoms with van der Waals surface area (Å²) >= 11 is 15.9. The summed E-state index contributed by atoms with van der Waals surface area (Å²) in [6, 6.07) is 2.24. The molecule has 0 saturated carbocycles. The SMILES string of the molecule is NC(=S)Nc1c(Cl)cc(F)cc1Cl. The Balaban J connectivity index is 3.13. The number of anilines is 1. The molecule has 0 radical (unpaired) electrons. The molecule has 13 heavy (non-hydrogen) atoms. The first kappa shape index (κ1) is 10.5. The van der Waals surface area contributed by atoms with Crippen LogP contribution in [0.1, 0.15) is 0 Å². The van der Waals surface area contributed by atoms with Gasteiger partial charge in [0.25, 0.3) is 0 Å². The van der Waals surface area contributed by atoms with Crippen molar-refractivity contribution in [2.45, 2.75) is 0 Å². The molecule has 0 bridgehead atoms. The van der Waals surface area contributed by atoms with E-state index < -0.39 is 5.82 Å². The van der Waals surface area contributed by atoms with Gasteiger partial charge in [-0.2, -0.15) is 0 Å². The van der Waals surface area contributed by atoms with Gasteiger partial charge >= 0.3 is 0 Å². The Bertz CT molecular complexity index is 333. The van der Waals surface area contributed by atoms with Gasteiger partial charge in [-0.25, -0.2) is 4.39 Å². The molecule has 0 unspecified atom stereocenters. The van der Waals surface area contributed by atoms with E-state index in [-0.39, 0.29) is 15.2 Å². The molecule has 2 nitrogen and oxygen atoms in total. The van der Waals surface area contributed by atoms with E-state index in [1.807, 2.05) is 0 Å². The lowest BCUT2D eigenvalue weighted by Crippen LogP contribution is -2.19. The normalized spacial score (nSPS) is 9.77. The molecule has 0 aliphatic carbocycles. The van der Waals surface area contributed by atoms with Crippen LogP contribution in [0.4, 0.5) is 10.1 Å². The molecule has 0 amide bonds. The maximum Gasteiger partial charge on any atom is 0.168 e. The average molecular weight is 239 g/mol. The number of thiocarbonyl (C=S) groups is 1. The third-order valence-electron chi connectivity index (χ3n) is 1.26. The van der Waals surface area contributed by atoms with Crippen molar-refractivity contribution in [3.63, 3.8) is 0 Å². The molecular weight excluding hydrogens is 234 g/mol. The molecule has 1 rings (SSSR count). The third kappa shape index (κ3) is 2.69. The zero-order chi connectivity index (χ0) is 10.0. The number of halogens is 3. The molecule has 3 N–H and O–H groups in total. The Morgan fingerprint density at radius 2 is 1.85 bits per heavy atom. The second kappa shape index (κ2) is 4.09. The predicted molar refractivity (Wildman–Crippen MR) is 56.8 cm³/mol. The van der Waals surface area contributed by atoms with Gasteiger partial charge in [-0.3, -0.25) is 0 Å². The highest BCUT2D eigenvalue weighted by molar-refractivity contribution is 7.80. The van der Waals surface area contributed by atoms with Gasteiger partial charge in [0.2, 0.25) is 0 Å². The van der Waals surface area contributed by atoms with E-state index in [2.05, 4.69) is 17.5 Å². The average Bonchev–Trinajstić information content (AvgIpc) is 1.96. The van der Waals surface area contributed by atoms with Crippen molar-refractivity contribution in [2.24, 2.45) is 5.73 Å². The monoisotopic (exact) mass is 238 g/mol. The highest BCUT2D eigenvalue weighted by atomic mass is 35.5. The smallest absolute Gasteiger partial charge is 0.168 e. The minimum absolute atomic E-state index is 0.0235. The summed E-state index contributed by atoms with van der Waals surface area (Å²) in [7, 11) is 0. The Kier molecular flexibility index (Phi) is 3.30. The van der Waals surface area contributed by atoms with Crippen LogP contribution >= 0.6 is 35.4 Å². The van der Waals surface area contributed by atoms with Crippen LogP contribution in [0.15, 0.2) is 12.1 Å². The highest BCUT2D eigenvalue weighted by Gasteiger charge is 2.08. The maximum atomic E-state index is 12.7. The van der Waals surface area contributed by atoms with E-state index in [9.17, 15) is 4.39 Å². The summed E-state index contributed by atoms with van der Waals surface area (Å²) in [6.07, 6.45) is 0. The van der Waals surface area contributed by atoms with Gasteiger partial charge in [0.05, 0.1) is 15.7 Å². The number of nitrogens with one attached hydrogen (secondary N) is 1. The van der Waals surface area contributed by atoms with Crippen molar-refractivity contribution in [1.29, 1.82) is 0 Å². The van der Waals surface area contributed by atoms with E-state index in [1.165, 1.54) is 0 Å². The van der Waals surface area contributed by atoms with Crippen molar-refractivity contribution in [2.75, 3.05) is 5.32 Å². The highest BCUT2D eigenvalue weighted by Crippen LogP contribution is 2.30. The van der Waals surface area contributed by atoms with E-state index >= 15 is 0 Å². The van der Waals surface area contributed by atoms with Gasteiger partial charge in [0.1, 0.15) is 5.82 Å². The van der Waals surface area contributed by atoms with Gasteiger partial charge < -0.3 is 11.1 Å². The van der Waals surface area contributed by atoms with Crippen LogP contribution in [0.2, 0.25) is 10.0 Å². The van der Waals surface area contributed by atoms with E-state index in [1.54, 1.807) is 0 Å². The van der Waals surface area contributed by atoms with Gasteiger partial charge in [-0.15, -0.1) is 0 Å². The quantitative estimate of drug-likeness (QED) is 0.740. The minimum atomic E-state index is -0.511. The summed E-state index contributed by atoms with van der Waals surface area (Å²) in [5.41, 5.74) is 5.53. The topological polar surface area (TPSA) is 38.0 Å². The van der Waals surface area contributed by atoms with Crippen LogP contribution in [0.25, 0.3) is 0 Å². The lowest BCUT2D eigenvalue weighted by atomic mass is 10.3. The summed E-state index contributed by atoms with van der Waals surface area (Å²) in [5.74, 6) is -0.511. The fraction of sp³-hybridized carbons (Fsp3) is 0. The predicted octanol–water partition coefficient (Wildman–Crippen LogP) is 2.79. The fourth-order valence-electron chi connectivity index (χ4n) is 0.785. The molecule has 0 aliphatic heterocycles. The molecule has 0 atom stereocenters. The Labute approximate surface area is 89.8 Å². The molecule has 70 valence electrons. The van der Waals surface area contributed by atoms with Gasteiger partial charge in [0, 0.05) is 0 Å². The van der Waals surface area contributed by atoms with Crippen molar-refractivity contribution >= 4 is 46.2 Å². The molecular formula is C7H5Cl2FN2S. The minimum Gasteiger partial charge on any atom is -0.376 e. The molecule has 1 aromatic rings. The summed E-state index contributed by atoms with van der Waals surface area (Å²) in [4.78, 5) is 0. The van der Waals surface area contributed by atoms with Gasteiger partial charge in [-0.1, -0.05) is 23.2 Å². The molecule has 1 aromatic carbocycles. The number of hydrogen-bond acceptors (Lipinski definition) is 1. The third-order valence-corrected chi connectivity index (χ3v) is 1.95. The van der Waals surface area contributed by atoms with Crippen LogP contribution in [0, 0.1) is 5.82 Å². The molecule has 0 fully saturated rings. The lowest BCUT2D eigenvalue weighted by molar-refractivity contribution is 0.628. The maximum absolute atomic E-state index is 12.7. The standard InChI is InChI=1S/C7H5Cl2FN2S/c8-4-1-3(10)2-5(9)6(4)12-7(11)13/h1-2H,(H3,11,12,13). The number of nitrogens with two attached hydrogens (primary N) is 1. The lowest BCUT2D eigenvalue weighted by Gasteiger charge is -2.08. The van der Waals surface area contributed by atoms with Crippen LogP contribution < -0.4 is 11.1 Å². The molecule has 0 aliphatic rings. The molecule has 0 saturated heterocycles. The second-order valence-electron chi connectivity index (χ2n) is 2.23. The van der Waals surface area contributed by atoms with Crippen LogP contribution in [-0.4, -0.2) is 5.11 Å². The summed E-state index contributed by atoms with van der Waals surface area (Å²) in [6.45, 7) is 0. The molecule has 0 aromatic heterocycles. The van der Waals surface area contributed by atoms with Gasteiger partial charge in [0.15, 0.2) is 5.11 Å². The summed E-state index contributed by atoms with van der Waals surface area (Å²) in [5, 5.41) is 2.84. The molecule has 6 heteroatoms. The van der Waals surface area contributed by atoms with Crippen molar-refractivity contribution in [1.82, 2.24) is 0 Å². The molecule has 0 spiro atoms. The first-order valence-corrected chi connectivity index (χ1v) is 4.38. The fourth-order valence-corrected chi connectivity index (χ4v) is 1.44. The first-order valence-electron chi connectivity index (χ1n) is 3.21. The number of hydrogen-bond donors (Lipinski definition) is 2. The zero-order valence-corrected chi connectivity index (χ0v) is 8.60. The molecule has 0 heterocycles. The van der Waals surface area contributed by atoms with Crippen LogP contribution in [0.3, 0.4) is 0 Å². The van der Waals surface area contributed by atoms with Crippen LogP contribution in [-0.2, 0) is 0 Å². The van der Waals surface area contributed by atoms with E-state index in [0.717, 1.165) is 12.1 Å². The van der Waals surface area contributed by atoms with Crippen molar-refractivity contribution < 1.29 is 4.39 Å². The zero-order valence-electron chi connectivity index (χ0n) is 6.27. The number of benzene rings is 1.